The van der Waals surface area contributed by atoms with Crippen LogP contribution in [0.25, 0.3) is 0 Å². The number of unbranched alkanes of at least 4 members (excludes halogenated alkanes) is 1. The van der Waals surface area contributed by atoms with Gasteiger partial charge in [-0.3, -0.25) is 0 Å². The van der Waals surface area contributed by atoms with Gasteiger partial charge in [0, 0.05) is 18.8 Å². The summed E-state index contributed by atoms with van der Waals surface area (Å²) in [6.07, 6.45) is 4.85. The van der Waals surface area contributed by atoms with Crippen LogP contribution in [-0.2, 0) is 23.8 Å². The van der Waals surface area contributed by atoms with E-state index in [4.69, 9.17) is 14.2 Å². The Morgan fingerprint density at radius 2 is 1.52 bits per heavy atom. The first-order chi connectivity index (χ1) is 10.0. The Balaban J connectivity index is 4.64. The zero-order chi connectivity index (χ0) is 16.1. The Morgan fingerprint density at radius 1 is 1.00 bits per heavy atom. The largest absolute Gasteiger partial charge is 0.462 e. The van der Waals surface area contributed by atoms with Crippen LogP contribution in [0.4, 0.5) is 0 Å². The van der Waals surface area contributed by atoms with Crippen molar-refractivity contribution >= 4 is 11.9 Å². The molecule has 120 valence electrons. The van der Waals surface area contributed by atoms with Crippen molar-refractivity contribution in [2.75, 3.05) is 26.4 Å². The molecule has 0 aromatic heterocycles. The molecule has 21 heavy (non-hydrogen) atoms. The molecule has 0 unspecified atom stereocenters. The summed E-state index contributed by atoms with van der Waals surface area (Å²) >= 11 is 0. The molecular formula is C16H26O5. The van der Waals surface area contributed by atoms with Crippen LogP contribution < -0.4 is 0 Å². The molecule has 0 saturated carbocycles. The zero-order valence-corrected chi connectivity index (χ0v) is 13.1. The normalized spacial score (nSPS) is 10.8. The molecule has 0 aromatic carbocycles. The monoisotopic (exact) mass is 298 g/mol. The lowest BCUT2D eigenvalue weighted by atomic mass is 9.88. The second-order valence-electron chi connectivity index (χ2n) is 4.88. The van der Waals surface area contributed by atoms with Gasteiger partial charge in [0.25, 0.3) is 0 Å². The van der Waals surface area contributed by atoms with Crippen LogP contribution in [0, 0.1) is 5.41 Å². The summed E-state index contributed by atoms with van der Waals surface area (Å²) in [5.41, 5.74) is -0.551. The fourth-order valence-electron chi connectivity index (χ4n) is 1.53. The minimum absolute atomic E-state index is 0.116. The molecule has 0 amide bonds. The molecule has 0 radical (unpaired) electrons. The molecule has 0 rings (SSSR count). The fourth-order valence-corrected chi connectivity index (χ4v) is 1.53. The van der Waals surface area contributed by atoms with E-state index in [1.807, 2.05) is 6.92 Å². The van der Waals surface area contributed by atoms with Crippen LogP contribution in [0.2, 0.25) is 0 Å². The Kier molecular flexibility index (Phi) is 10.2. The van der Waals surface area contributed by atoms with Gasteiger partial charge in [0.05, 0.1) is 12.0 Å². The van der Waals surface area contributed by atoms with Crippen molar-refractivity contribution in [3.63, 3.8) is 0 Å². The van der Waals surface area contributed by atoms with Crippen LogP contribution in [0.3, 0.4) is 0 Å². The SMILES string of the molecule is C=CC(=O)OCC(CC)(COCCCC)COC(=O)C=C. The van der Waals surface area contributed by atoms with Crippen LogP contribution in [0.15, 0.2) is 25.3 Å². The van der Waals surface area contributed by atoms with Crippen molar-refractivity contribution in [2.24, 2.45) is 5.41 Å². The van der Waals surface area contributed by atoms with Gasteiger partial charge in [-0.25, -0.2) is 9.59 Å². The lowest BCUT2D eigenvalue weighted by Gasteiger charge is -2.31. The maximum Gasteiger partial charge on any atom is 0.330 e. The summed E-state index contributed by atoms with van der Waals surface area (Å²) in [6.45, 7) is 11.9. The van der Waals surface area contributed by atoms with Gasteiger partial charge >= 0.3 is 11.9 Å². The number of ether oxygens (including phenoxy) is 3. The molecule has 0 bridgehead atoms. The van der Waals surface area contributed by atoms with Crippen molar-refractivity contribution in [3.8, 4) is 0 Å². The third-order valence-electron chi connectivity index (χ3n) is 3.18. The van der Waals surface area contributed by atoms with Crippen LogP contribution in [0.1, 0.15) is 33.1 Å². The highest BCUT2D eigenvalue weighted by Crippen LogP contribution is 2.24. The topological polar surface area (TPSA) is 61.8 Å². The summed E-state index contributed by atoms with van der Waals surface area (Å²) in [7, 11) is 0. The molecule has 0 spiro atoms. The van der Waals surface area contributed by atoms with E-state index in [-0.39, 0.29) is 13.2 Å². The Hall–Kier alpha value is -1.62. The van der Waals surface area contributed by atoms with Gasteiger partial charge < -0.3 is 14.2 Å². The maximum atomic E-state index is 11.2. The maximum absolute atomic E-state index is 11.2. The smallest absolute Gasteiger partial charge is 0.330 e. The summed E-state index contributed by atoms with van der Waals surface area (Å²) in [5.74, 6) is -1.01. The Morgan fingerprint density at radius 3 is 1.90 bits per heavy atom. The molecule has 0 saturated heterocycles. The summed E-state index contributed by atoms with van der Waals surface area (Å²) < 4.78 is 15.9. The number of hydrogen-bond donors (Lipinski definition) is 0. The van der Waals surface area contributed by atoms with E-state index in [1.54, 1.807) is 0 Å². The third-order valence-corrected chi connectivity index (χ3v) is 3.18. The average Bonchev–Trinajstić information content (AvgIpc) is 2.52. The number of esters is 2. The number of carbonyl (C=O) groups excluding carboxylic acids is 2. The van der Waals surface area contributed by atoms with E-state index in [9.17, 15) is 9.59 Å². The van der Waals surface area contributed by atoms with E-state index < -0.39 is 17.4 Å². The Labute approximate surface area is 126 Å². The predicted molar refractivity (Wildman–Crippen MR) is 80.8 cm³/mol. The summed E-state index contributed by atoms with van der Waals surface area (Å²) in [5, 5.41) is 0. The van der Waals surface area contributed by atoms with Crippen molar-refractivity contribution in [1.29, 1.82) is 0 Å². The molecule has 0 N–H and O–H groups in total. The molecule has 0 aromatic rings. The van der Waals surface area contributed by atoms with Crippen molar-refractivity contribution in [1.82, 2.24) is 0 Å². The molecule has 0 atom stereocenters. The third kappa shape index (κ3) is 8.30. The lowest BCUT2D eigenvalue weighted by molar-refractivity contribution is -0.151. The molecule has 0 heterocycles. The molecule has 0 aliphatic carbocycles. The van der Waals surface area contributed by atoms with Gasteiger partial charge in [0.15, 0.2) is 0 Å². The average molecular weight is 298 g/mol. The first-order valence-corrected chi connectivity index (χ1v) is 7.19. The molecule has 5 nitrogen and oxygen atoms in total. The lowest BCUT2D eigenvalue weighted by Crippen LogP contribution is -2.38. The minimum atomic E-state index is -0.551. The summed E-state index contributed by atoms with van der Waals surface area (Å²) in [6, 6.07) is 0. The second kappa shape index (κ2) is 11.1. The van der Waals surface area contributed by atoms with Crippen LogP contribution in [0.5, 0.6) is 0 Å². The highest BCUT2D eigenvalue weighted by Gasteiger charge is 2.32. The van der Waals surface area contributed by atoms with Gasteiger partial charge in [-0.1, -0.05) is 33.4 Å². The molecular weight excluding hydrogens is 272 g/mol. The zero-order valence-electron chi connectivity index (χ0n) is 13.1. The quantitative estimate of drug-likeness (QED) is 0.315. The van der Waals surface area contributed by atoms with Gasteiger partial charge in [-0.15, -0.1) is 0 Å². The second-order valence-corrected chi connectivity index (χ2v) is 4.88. The van der Waals surface area contributed by atoms with E-state index in [0.717, 1.165) is 25.0 Å². The van der Waals surface area contributed by atoms with Crippen molar-refractivity contribution in [3.05, 3.63) is 25.3 Å². The first kappa shape index (κ1) is 19.4. The van der Waals surface area contributed by atoms with E-state index >= 15 is 0 Å². The molecule has 0 aliphatic heterocycles. The minimum Gasteiger partial charge on any atom is -0.462 e. The van der Waals surface area contributed by atoms with Crippen LogP contribution in [-0.4, -0.2) is 38.4 Å². The standard InChI is InChI=1S/C16H26O5/c1-5-9-10-19-11-16(8-4,12-20-14(17)6-2)13-21-15(18)7-3/h6-7H,2-3,5,8-13H2,1,4H3. The van der Waals surface area contributed by atoms with E-state index in [1.165, 1.54) is 0 Å². The van der Waals surface area contributed by atoms with Gasteiger partial charge in [-0.05, 0) is 12.8 Å². The molecule has 0 aliphatic rings. The number of hydrogen-bond acceptors (Lipinski definition) is 5. The van der Waals surface area contributed by atoms with Gasteiger partial charge in [0.1, 0.15) is 13.2 Å². The molecule has 0 fully saturated rings. The highest BCUT2D eigenvalue weighted by atomic mass is 16.6. The van der Waals surface area contributed by atoms with E-state index in [2.05, 4.69) is 20.1 Å². The van der Waals surface area contributed by atoms with E-state index in [0.29, 0.717) is 19.6 Å². The number of rotatable bonds is 12. The van der Waals surface area contributed by atoms with Crippen LogP contribution >= 0.6 is 0 Å². The highest BCUT2D eigenvalue weighted by molar-refractivity contribution is 5.81. The van der Waals surface area contributed by atoms with Gasteiger partial charge in [-0.2, -0.15) is 0 Å². The van der Waals surface area contributed by atoms with Crippen molar-refractivity contribution in [2.45, 2.75) is 33.1 Å². The summed E-state index contributed by atoms with van der Waals surface area (Å²) in [4.78, 5) is 22.5. The fraction of sp³-hybridized carbons (Fsp3) is 0.625. The first-order valence-electron chi connectivity index (χ1n) is 7.19. The van der Waals surface area contributed by atoms with Gasteiger partial charge in [0.2, 0.25) is 0 Å². The number of carbonyl (C=O) groups is 2. The molecule has 5 heteroatoms. The predicted octanol–water partition coefficient (Wildman–Crippen LogP) is 2.66. The van der Waals surface area contributed by atoms with Crippen molar-refractivity contribution < 1.29 is 23.8 Å². The Bertz CT molecular complexity index is 325.